The molecule has 5 nitrogen and oxygen atoms in total. The van der Waals surface area contributed by atoms with Crippen molar-refractivity contribution in [3.8, 4) is 17.6 Å². The Kier molecular flexibility index (Phi) is 5.27. The van der Waals surface area contributed by atoms with E-state index in [-0.39, 0.29) is 13.2 Å². The van der Waals surface area contributed by atoms with Crippen LogP contribution in [0, 0.1) is 11.3 Å². The predicted molar refractivity (Wildman–Crippen MR) is 60.9 cm³/mol. The molecule has 5 heteroatoms. The summed E-state index contributed by atoms with van der Waals surface area (Å²) >= 11 is 0. The lowest BCUT2D eigenvalue weighted by molar-refractivity contribution is 0.0579. The van der Waals surface area contributed by atoms with Crippen molar-refractivity contribution in [3.05, 3.63) is 23.8 Å². The van der Waals surface area contributed by atoms with E-state index in [2.05, 4.69) is 0 Å². The third-order valence-electron chi connectivity index (χ3n) is 2.17. The molecule has 1 rings (SSSR count). The predicted octanol–water partition coefficient (Wildman–Crippen LogP) is 1.28. The molecule has 1 aromatic rings. The van der Waals surface area contributed by atoms with Gasteiger partial charge in [-0.1, -0.05) is 0 Å². The van der Waals surface area contributed by atoms with Crippen molar-refractivity contribution in [2.45, 2.75) is 6.10 Å². The Morgan fingerprint density at radius 2 is 1.82 bits per heavy atom. The first-order chi connectivity index (χ1) is 8.24. The number of rotatable bonds is 6. The summed E-state index contributed by atoms with van der Waals surface area (Å²) in [5, 5.41) is 17.7. The van der Waals surface area contributed by atoms with E-state index >= 15 is 0 Å². The van der Waals surface area contributed by atoms with Gasteiger partial charge in [-0.25, -0.2) is 0 Å². The average Bonchev–Trinajstić information content (AvgIpc) is 2.39. The van der Waals surface area contributed by atoms with Gasteiger partial charge in [0.05, 0.1) is 33.5 Å². The lowest BCUT2D eigenvalue weighted by Gasteiger charge is -2.13. The summed E-state index contributed by atoms with van der Waals surface area (Å²) in [6.45, 7) is -0.0168. The first-order valence-corrected chi connectivity index (χ1v) is 5.10. The van der Waals surface area contributed by atoms with Crippen LogP contribution in [-0.2, 0) is 4.74 Å². The van der Waals surface area contributed by atoms with E-state index in [9.17, 15) is 0 Å². The molecule has 0 aliphatic heterocycles. The molecule has 17 heavy (non-hydrogen) atoms. The fourth-order valence-electron chi connectivity index (χ4n) is 1.36. The summed E-state index contributed by atoms with van der Waals surface area (Å²) in [7, 11) is 3.07. The zero-order valence-electron chi connectivity index (χ0n) is 9.84. The summed E-state index contributed by atoms with van der Waals surface area (Å²) < 4.78 is 15.4. The molecule has 0 bridgehead atoms. The Bertz CT molecular complexity index is 378. The van der Waals surface area contributed by atoms with Crippen LogP contribution in [0.5, 0.6) is 11.5 Å². The second-order valence-electron chi connectivity index (χ2n) is 3.25. The summed E-state index contributed by atoms with van der Waals surface area (Å²) in [6.07, 6.45) is -0.744. The monoisotopic (exact) mass is 237 g/mol. The first kappa shape index (κ1) is 13.3. The summed E-state index contributed by atoms with van der Waals surface area (Å²) in [6, 6.07) is 7.13. The quantitative estimate of drug-likeness (QED) is 0.806. The highest BCUT2D eigenvalue weighted by Crippen LogP contribution is 2.27. The van der Waals surface area contributed by atoms with Crippen LogP contribution < -0.4 is 9.47 Å². The van der Waals surface area contributed by atoms with Gasteiger partial charge in [0.1, 0.15) is 11.5 Å². The molecule has 1 N–H and O–H groups in total. The van der Waals surface area contributed by atoms with Crippen molar-refractivity contribution < 1.29 is 19.3 Å². The number of hydrogen-bond acceptors (Lipinski definition) is 5. The molecular formula is C12H15NO4. The summed E-state index contributed by atoms with van der Waals surface area (Å²) in [5.74, 6) is 1.18. The maximum atomic E-state index is 9.00. The highest BCUT2D eigenvalue weighted by atomic mass is 16.5. The van der Waals surface area contributed by atoms with E-state index in [0.717, 1.165) is 0 Å². The number of methoxy groups -OCH3 is 2. The Morgan fingerprint density at radius 1 is 1.24 bits per heavy atom. The van der Waals surface area contributed by atoms with Gasteiger partial charge < -0.3 is 19.3 Å². The number of ether oxygens (including phenoxy) is 3. The van der Waals surface area contributed by atoms with E-state index in [1.807, 2.05) is 6.07 Å². The Balaban J connectivity index is 2.97. The van der Waals surface area contributed by atoms with Gasteiger partial charge in [0.2, 0.25) is 0 Å². The Labute approximate surface area is 100 Å². The molecule has 0 aliphatic rings. The van der Waals surface area contributed by atoms with Crippen molar-refractivity contribution >= 4 is 0 Å². The maximum absolute atomic E-state index is 9.00. The normalized spacial score (nSPS) is 11.6. The van der Waals surface area contributed by atoms with Crippen LogP contribution in [0.2, 0.25) is 0 Å². The fraction of sp³-hybridized carbons (Fsp3) is 0.417. The van der Waals surface area contributed by atoms with E-state index in [1.54, 1.807) is 18.2 Å². The third kappa shape index (κ3) is 3.63. The summed E-state index contributed by atoms with van der Waals surface area (Å²) in [5.41, 5.74) is 0.636. The van der Waals surface area contributed by atoms with E-state index in [0.29, 0.717) is 17.1 Å². The summed E-state index contributed by atoms with van der Waals surface area (Å²) in [4.78, 5) is 0. The molecule has 1 aromatic carbocycles. The van der Waals surface area contributed by atoms with Crippen molar-refractivity contribution in [1.29, 1.82) is 5.26 Å². The van der Waals surface area contributed by atoms with Gasteiger partial charge in [0, 0.05) is 11.6 Å². The molecule has 0 spiro atoms. The van der Waals surface area contributed by atoms with Gasteiger partial charge in [0.25, 0.3) is 0 Å². The molecule has 0 saturated heterocycles. The largest absolute Gasteiger partial charge is 0.497 e. The Morgan fingerprint density at radius 3 is 2.24 bits per heavy atom. The fourth-order valence-corrected chi connectivity index (χ4v) is 1.36. The van der Waals surface area contributed by atoms with Crippen molar-refractivity contribution in [1.82, 2.24) is 0 Å². The second-order valence-corrected chi connectivity index (χ2v) is 3.25. The Hall–Kier alpha value is -1.77. The van der Waals surface area contributed by atoms with E-state index in [4.69, 9.17) is 24.6 Å². The van der Waals surface area contributed by atoms with Crippen LogP contribution in [-0.4, -0.2) is 32.5 Å². The number of nitrogens with zero attached hydrogens (tertiary/aromatic N) is 1. The third-order valence-corrected chi connectivity index (χ3v) is 2.17. The smallest absolute Gasteiger partial charge is 0.169 e. The van der Waals surface area contributed by atoms with Crippen molar-refractivity contribution in [2.24, 2.45) is 0 Å². The van der Waals surface area contributed by atoms with Crippen LogP contribution in [0.1, 0.15) is 11.7 Å². The lowest BCUT2D eigenvalue weighted by Crippen LogP contribution is -2.06. The van der Waals surface area contributed by atoms with Gasteiger partial charge in [-0.3, -0.25) is 0 Å². The zero-order valence-corrected chi connectivity index (χ0v) is 9.84. The molecule has 0 aromatic heterocycles. The molecule has 0 aliphatic carbocycles. The van der Waals surface area contributed by atoms with Gasteiger partial charge in [-0.15, -0.1) is 0 Å². The van der Waals surface area contributed by atoms with Crippen LogP contribution in [0.4, 0.5) is 0 Å². The standard InChI is InChI=1S/C12H15NO4/c1-15-10-5-9(6-11(7-10)16-2)12(8-13)17-4-3-14/h5-7,12,14H,3-4H2,1-2H3. The number of aliphatic hydroxyl groups excluding tert-OH is 1. The SMILES string of the molecule is COc1cc(OC)cc(C(C#N)OCCO)c1. The van der Waals surface area contributed by atoms with Crippen LogP contribution in [0.15, 0.2) is 18.2 Å². The van der Waals surface area contributed by atoms with Crippen LogP contribution in [0.25, 0.3) is 0 Å². The highest BCUT2D eigenvalue weighted by molar-refractivity contribution is 5.40. The highest BCUT2D eigenvalue weighted by Gasteiger charge is 2.13. The van der Waals surface area contributed by atoms with Crippen molar-refractivity contribution in [2.75, 3.05) is 27.4 Å². The molecule has 0 heterocycles. The topological polar surface area (TPSA) is 71.7 Å². The molecule has 0 radical (unpaired) electrons. The van der Waals surface area contributed by atoms with Gasteiger partial charge in [0.15, 0.2) is 6.10 Å². The minimum atomic E-state index is -0.744. The van der Waals surface area contributed by atoms with Gasteiger partial charge >= 0.3 is 0 Å². The van der Waals surface area contributed by atoms with Crippen LogP contribution >= 0.6 is 0 Å². The molecule has 1 unspecified atom stereocenters. The van der Waals surface area contributed by atoms with Crippen LogP contribution in [0.3, 0.4) is 0 Å². The molecular weight excluding hydrogens is 222 g/mol. The number of hydrogen-bond donors (Lipinski definition) is 1. The molecule has 0 amide bonds. The minimum absolute atomic E-state index is 0.109. The number of nitriles is 1. The molecule has 92 valence electrons. The maximum Gasteiger partial charge on any atom is 0.169 e. The number of benzene rings is 1. The van der Waals surface area contributed by atoms with E-state index < -0.39 is 6.10 Å². The molecule has 0 fully saturated rings. The zero-order chi connectivity index (χ0) is 12.7. The van der Waals surface area contributed by atoms with Gasteiger partial charge in [-0.2, -0.15) is 5.26 Å². The average molecular weight is 237 g/mol. The first-order valence-electron chi connectivity index (χ1n) is 5.10. The lowest BCUT2D eigenvalue weighted by atomic mass is 10.1. The van der Waals surface area contributed by atoms with E-state index in [1.165, 1.54) is 14.2 Å². The number of aliphatic hydroxyl groups is 1. The van der Waals surface area contributed by atoms with Gasteiger partial charge in [-0.05, 0) is 12.1 Å². The minimum Gasteiger partial charge on any atom is -0.497 e. The molecule has 0 saturated carbocycles. The van der Waals surface area contributed by atoms with Crippen molar-refractivity contribution in [3.63, 3.8) is 0 Å². The second kappa shape index (κ2) is 6.74. The molecule has 1 atom stereocenters.